The number of aromatic nitrogens is 1. The number of aryl methyl sites for hydroxylation is 1. The number of hydrogen-bond donors (Lipinski definition) is 3. The second kappa shape index (κ2) is 7.45. The number of primary amides is 1. The number of nitrogens with one attached hydrogen (secondary N) is 2. The largest absolute Gasteiger partial charge is 0.369 e. The Morgan fingerprint density at radius 1 is 1.44 bits per heavy atom. The Balaban J connectivity index is 1.58. The SMILES string of the molecule is Cc1c(C(=O)NCCN2CCC[C@H](C(N)=O)C2)[nH]c2ccc(Cl)cc12. The molecule has 0 aliphatic carbocycles. The Morgan fingerprint density at radius 3 is 3.00 bits per heavy atom. The van der Waals surface area contributed by atoms with Crippen LogP contribution < -0.4 is 11.1 Å². The van der Waals surface area contributed by atoms with E-state index in [9.17, 15) is 9.59 Å². The Kier molecular flexibility index (Phi) is 5.30. The number of nitrogens with zero attached hydrogens (tertiary/aromatic N) is 1. The zero-order valence-electron chi connectivity index (χ0n) is 14.3. The van der Waals surface area contributed by atoms with Crippen molar-refractivity contribution in [2.24, 2.45) is 11.7 Å². The highest BCUT2D eigenvalue weighted by molar-refractivity contribution is 6.31. The summed E-state index contributed by atoms with van der Waals surface area (Å²) in [7, 11) is 0. The van der Waals surface area contributed by atoms with E-state index in [1.54, 1.807) is 6.07 Å². The summed E-state index contributed by atoms with van der Waals surface area (Å²) in [6.45, 7) is 4.76. The minimum Gasteiger partial charge on any atom is -0.369 e. The van der Waals surface area contributed by atoms with Gasteiger partial charge in [-0.15, -0.1) is 0 Å². The molecule has 4 N–H and O–H groups in total. The number of halogens is 1. The summed E-state index contributed by atoms with van der Waals surface area (Å²) in [6, 6.07) is 5.53. The summed E-state index contributed by atoms with van der Waals surface area (Å²) in [6.07, 6.45) is 1.82. The zero-order valence-corrected chi connectivity index (χ0v) is 15.0. The van der Waals surface area contributed by atoms with Crippen molar-refractivity contribution in [3.63, 3.8) is 0 Å². The number of piperidine rings is 1. The molecule has 1 saturated heterocycles. The van der Waals surface area contributed by atoms with Gasteiger partial charge in [0.15, 0.2) is 0 Å². The highest BCUT2D eigenvalue weighted by atomic mass is 35.5. The van der Waals surface area contributed by atoms with Crippen LogP contribution >= 0.6 is 11.6 Å². The Morgan fingerprint density at radius 2 is 2.24 bits per heavy atom. The van der Waals surface area contributed by atoms with E-state index in [0.29, 0.717) is 30.4 Å². The topological polar surface area (TPSA) is 91.2 Å². The number of carbonyl (C=O) groups excluding carboxylic acids is 2. The molecule has 6 nitrogen and oxygen atoms in total. The summed E-state index contributed by atoms with van der Waals surface area (Å²) >= 11 is 6.03. The summed E-state index contributed by atoms with van der Waals surface area (Å²) < 4.78 is 0. The van der Waals surface area contributed by atoms with Crippen LogP contribution in [-0.2, 0) is 4.79 Å². The second-order valence-electron chi connectivity index (χ2n) is 6.61. The van der Waals surface area contributed by atoms with E-state index in [1.807, 2.05) is 19.1 Å². The maximum absolute atomic E-state index is 12.5. The summed E-state index contributed by atoms with van der Waals surface area (Å²) in [5.41, 5.74) is 7.74. The first-order valence-electron chi connectivity index (χ1n) is 8.53. The van der Waals surface area contributed by atoms with Gasteiger partial charge in [0.25, 0.3) is 5.91 Å². The summed E-state index contributed by atoms with van der Waals surface area (Å²) in [4.78, 5) is 29.1. The van der Waals surface area contributed by atoms with Crippen LogP contribution in [0.15, 0.2) is 18.2 Å². The van der Waals surface area contributed by atoms with Crippen LogP contribution in [0.1, 0.15) is 28.9 Å². The Bertz CT molecular complexity index is 802. The number of benzene rings is 1. The van der Waals surface area contributed by atoms with Gasteiger partial charge in [0.05, 0.1) is 5.92 Å². The number of aromatic amines is 1. The highest BCUT2D eigenvalue weighted by Crippen LogP contribution is 2.24. The lowest BCUT2D eigenvalue weighted by Gasteiger charge is -2.31. The maximum atomic E-state index is 12.5. The van der Waals surface area contributed by atoms with Crippen LogP contribution in [0.3, 0.4) is 0 Å². The van der Waals surface area contributed by atoms with Crippen LogP contribution in [0, 0.1) is 12.8 Å². The standard InChI is InChI=1S/C18H23ClN4O2/c1-11-14-9-13(19)4-5-15(14)22-16(11)18(25)21-6-8-23-7-2-3-12(10-23)17(20)24/h4-5,9,12,22H,2-3,6-8,10H2,1H3,(H2,20,24)(H,21,25)/t12-/m0/s1. The van der Waals surface area contributed by atoms with E-state index >= 15 is 0 Å². The number of fused-ring (bicyclic) bond motifs is 1. The molecular weight excluding hydrogens is 340 g/mol. The Hall–Kier alpha value is -2.05. The molecule has 2 heterocycles. The van der Waals surface area contributed by atoms with Crippen molar-refractivity contribution in [1.82, 2.24) is 15.2 Å². The smallest absolute Gasteiger partial charge is 0.268 e. The lowest BCUT2D eigenvalue weighted by atomic mass is 9.97. The predicted octanol–water partition coefficient (Wildman–Crippen LogP) is 2.06. The van der Waals surface area contributed by atoms with Gasteiger partial charge in [-0.2, -0.15) is 0 Å². The van der Waals surface area contributed by atoms with E-state index in [1.165, 1.54) is 0 Å². The fourth-order valence-electron chi connectivity index (χ4n) is 3.43. The summed E-state index contributed by atoms with van der Waals surface area (Å²) in [5, 5.41) is 4.55. The van der Waals surface area contributed by atoms with Gasteiger partial charge in [0, 0.05) is 35.6 Å². The molecule has 1 atom stereocenters. The van der Waals surface area contributed by atoms with Crippen LogP contribution in [0.25, 0.3) is 10.9 Å². The van der Waals surface area contributed by atoms with Crippen molar-refractivity contribution < 1.29 is 9.59 Å². The van der Waals surface area contributed by atoms with Crippen molar-refractivity contribution >= 4 is 34.3 Å². The number of rotatable bonds is 5. The number of amides is 2. The maximum Gasteiger partial charge on any atom is 0.268 e. The molecule has 1 fully saturated rings. The lowest BCUT2D eigenvalue weighted by molar-refractivity contribution is -0.123. The molecule has 0 saturated carbocycles. The Labute approximate surface area is 151 Å². The lowest BCUT2D eigenvalue weighted by Crippen LogP contribution is -2.44. The van der Waals surface area contributed by atoms with Gasteiger partial charge in [-0.05, 0) is 50.1 Å². The van der Waals surface area contributed by atoms with Gasteiger partial charge in [0.1, 0.15) is 5.69 Å². The van der Waals surface area contributed by atoms with Crippen molar-refractivity contribution in [3.8, 4) is 0 Å². The van der Waals surface area contributed by atoms with Crippen molar-refractivity contribution in [2.45, 2.75) is 19.8 Å². The molecule has 3 rings (SSSR count). The molecule has 1 aromatic heterocycles. The van der Waals surface area contributed by atoms with Crippen LogP contribution in [0.2, 0.25) is 5.02 Å². The van der Waals surface area contributed by atoms with Gasteiger partial charge in [-0.1, -0.05) is 11.6 Å². The normalized spacial score (nSPS) is 18.4. The van der Waals surface area contributed by atoms with E-state index in [-0.39, 0.29) is 17.7 Å². The van der Waals surface area contributed by atoms with Gasteiger partial charge in [0.2, 0.25) is 5.91 Å². The van der Waals surface area contributed by atoms with Crippen molar-refractivity contribution in [2.75, 3.05) is 26.2 Å². The minimum absolute atomic E-state index is 0.0786. The molecule has 0 unspecified atom stereocenters. The summed E-state index contributed by atoms with van der Waals surface area (Å²) in [5.74, 6) is -0.445. The van der Waals surface area contributed by atoms with E-state index < -0.39 is 0 Å². The van der Waals surface area contributed by atoms with Crippen molar-refractivity contribution in [1.29, 1.82) is 0 Å². The first kappa shape index (κ1) is 17.8. The monoisotopic (exact) mass is 362 g/mol. The van der Waals surface area contributed by atoms with Crippen molar-refractivity contribution in [3.05, 3.63) is 34.5 Å². The molecule has 25 heavy (non-hydrogen) atoms. The first-order chi connectivity index (χ1) is 12.0. The third kappa shape index (κ3) is 3.96. The average Bonchev–Trinajstić information content (AvgIpc) is 2.91. The molecule has 0 radical (unpaired) electrons. The van der Waals surface area contributed by atoms with E-state index in [2.05, 4.69) is 15.2 Å². The second-order valence-corrected chi connectivity index (χ2v) is 7.05. The molecule has 1 aromatic carbocycles. The molecule has 1 aliphatic rings. The third-order valence-electron chi connectivity index (χ3n) is 4.87. The van der Waals surface area contributed by atoms with Gasteiger partial charge in [-0.3, -0.25) is 9.59 Å². The fourth-order valence-corrected chi connectivity index (χ4v) is 3.60. The molecule has 134 valence electrons. The molecule has 7 heteroatoms. The molecule has 0 spiro atoms. The molecule has 2 aromatic rings. The van der Waals surface area contributed by atoms with Gasteiger partial charge in [-0.25, -0.2) is 0 Å². The number of H-pyrrole nitrogens is 1. The van der Waals surface area contributed by atoms with Crippen LogP contribution in [-0.4, -0.2) is 47.9 Å². The number of likely N-dealkylation sites (tertiary alicyclic amines) is 1. The molecular formula is C18H23ClN4O2. The molecule has 0 bridgehead atoms. The fraction of sp³-hybridized carbons (Fsp3) is 0.444. The van der Waals surface area contributed by atoms with Crippen LogP contribution in [0.4, 0.5) is 0 Å². The predicted molar refractivity (Wildman–Crippen MR) is 98.7 cm³/mol. The molecule has 1 aliphatic heterocycles. The first-order valence-corrected chi connectivity index (χ1v) is 8.91. The van der Waals surface area contributed by atoms with Gasteiger partial charge >= 0.3 is 0 Å². The van der Waals surface area contributed by atoms with Gasteiger partial charge < -0.3 is 20.9 Å². The number of carbonyl (C=O) groups is 2. The average molecular weight is 363 g/mol. The highest BCUT2D eigenvalue weighted by Gasteiger charge is 2.23. The quantitative estimate of drug-likeness (QED) is 0.760. The van der Waals surface area contributed by atoms with Crippen LogP contribution in [0.5, 0.6) is 0 Å². The third-order valence-corrected chi connectivity index (χ3v) is 5.10. The number of nitrogens with two attached hydrogens (primary N) is 1. The minimum atomic E-state index is -0.235. The van der Waals surface area contributed by atoms with E-state index in [0.717, 1.165) is 35.9 Å². The zero-order chi connectivity index (χ0) is 18.0. The number of hydrogen-bond acceptors (Lipinski definition) is 3. The molecule has 2 amide bonds. The van der Waals surface area contributed by atoms with E-state index in [4.69, 9.17) is 17.3 Å².